The lowest BCUT2D eigenvalue weighted by Gasteiger charge is -2.07. The third-order valence-corrected chi connectivity index (χ3v) is 5.69. The molecule has 0 radical (unpaired) electrons. The van der Waals surface area contributed by atoms with E-state index in [0.717, 1.165) is 18.4 Å². The molecule has 3 N–H and O–H groups in total. The summed E-state index contributed by atoms with van der Waals surface area (Å²) < 4.78 is 1.65. The van der Waals surface area contributed by atoms with Crippen molar-refractivity contribution in [2.45, 2.75) is 12.8 Å². The SMILES string of the molecule is CNC(=O)c1cnc(NC(=O)C2CC2)c2[nH]c(-c3cncc(-c4cnn(C)c4)c3C#N)cc12. The molecule has 1 aliphatic carbocycles. The highest BCUT2D eigenvalue weighted by Crippen LogP contribution is 2.35. The molecule has 4 heterocycles. The fourth-order valence-corrected chi connectivity index (χ4v) is 3.80. The first-order valence-corrected chi connectivity index (χ1v) is 10.4. The number of carbonyl (C=O) groups excluding carboxylic acids is 2. The van der Waals surface area contributed by atoms with E-state index in [2.05, 4.69) is 36.8 Å². The first-order valence-electron chi connectivity index (χ1n) is 10.4. The maximum atomic E-state index is 12.5. The molecular formula is C23H20N8O2. The van der Waals surface area contributed by atoms with E-state index in [1.165, 1.54) is 6.20 Å². The van der Waals surface area contributed by atoms with E-state index >= 15 is 0 Å². The minimum atomic E-state index is -0.305. The summed E-state index contributed by atoms with van der Waals surface area (Å²) >= 11 is 0. The Morgan fingerprint density at radius 1 is 1.21 bits per heavy atom. The van der Waals surface area contributed by atoms with Gasteiger partial charge in [0.05, 0.1) is 22.8 Å². The minimum absolute atomic E-state index is 0.000421. The van der Waals surface area contributed by atoms with Gasteiger partial charge in [0, 0.05) is 72.6 Å². The maximum Gasteiger partial charge on any atom is 0.253 e. The molecule has 2 amide bonds. The number of nitriles is 1. The van der Waals surface area contributed by atoms with Gasteiger partial charge in [-0.1, -0.05) is 0 Å². The second-order valence-corrected chi connectivity index (χ2v) is 7.96. The molecule has 33 heavy (non-hydrogen) atoms. The van der Waals surface area contributed by atoms with Crippen molar-refractivity contribution >= 4 is 28.5 Å². The molecular weight excluding hydrogens is 420 g/mol. The van der Waals surface area contributed by atoms with Gasteiger partial charge in [-0.15, -0.1) is 0 Å². The number of nitrogens with one attached hydrogen (secondary N) is 3. The zero-order chi connectivity index (χ0) is 23.1. The molecule has 10 heteroatoms. The number of aryl methyl sites for hydroxylation is 1. The predicted octanol–water partition coefficient (Wildman–Crippen LogP) is 2.61. The van der Waals surface area contributed by atoms with Crippen LogP contribution in [0.5, 0.6) is 0 Å². The van der Waals surface area contributed by atoms with Crippen LogP contribution in [0, 0.1) is 17.2 Å². The summed E-state index contributed by atoms with van der Waals surface area (Å²) in [5.74, 6) is -0.0531. The lowest BCUT2D eigenvalue weighted by molar-refractivity contribution is -0.117. The molecule has 1 fully saturated rings. The molecule has 0 aromatic carbocycles. The summed E-state index contributed by atoms with van der Waals surface area (Å²) in [5.41, 5.74) is 3.85. The van der Waals surface area contributed by atoms with Gasteiger partial charge in [-0.25, -0.2) is 4.98 Å². The molecule has 0 saturated heterocycles. The van der Waals surface area contributed by atoms with Crippen LogP contribution in [0.25, 0.3) is 33.3 Å². The summed E-state index contributed by atoms with van der Waals surface area (Å²) in [5, 5.41) is 20.2. The number of hydrogen-bond donors (Lipinski definition) is 3. The molecule has 0 atom stereocenters. The van der Waals surface area contributed by atoms with Crippen LogP contribution in [-0.4, -0.2) is 43.6 Å². The summed E-state index contributed by atoms with van der Waals surface area (Å²) in [6, 6.07) is 4.05. The highest BCUT2D eigenvalue weighted by molar-refractivity contribution is 6.11. The second-order valence-electron chi connectivity index (χ2n) is 7.96. The van der Waals surface area contributed by atoms with Crippen LogP contribution >= 0.6 is 0 Å². The van der Waals surface area contributed by atoms with E-state index in [1.54, 1.807) is 43.4 Å². The van der Waals surface area contributed by atoms with E-state index in [4.69, 9.17) is 0 Å². The van der Waals surface area contributed by atoms with Crippen molar-refractivity contribution in [2.24, 2.45) is 13.0 Å². The highest BCUT2D eigenvalue weighted by Gasteiger charge is 2.30. The molecule has 5 rings (SSSR count). The number of nitrogens with zero attached hydrogens (tertiary/aromatic N) is 5. The Kier molecular flexibility index (Phi) is 4.86. The molecule has 1 aliphatic rings. The number of H-pyrrole nitrogens is 1. The number of anilines is 1. The lowest BCUT2D eigenvalue weighted by Crippen LogP contribution is -2.19. The van der Waals surface area contributed by atoms with Gasteiger partial charge in [-0.05, 0) is 18.9 Å². The zero-order valence-electron chi connectivity index (χ0n) is 18.0. The molecule has 164 valence electrons. The van der Waals surface area contributed by atoms with Gasteiger partial charge in [0.15, 0.2) is 5.82 Å². The second kappa shape index (κ2) is 7.87. The first kappa shape index (κ1) is 20.4. The molecule has 1 saturated carbocycles. The number of hydrogen-bond acceptors (Lipinski definition) is 6. The van der Waals surface area contributed by atoms with Crippen LogP contribution in [0.1, 0.15) is 28.8 Å². The number of fused-ring (bicyclic) bond motifs is 1. The van der Waals surface area contributed by atoms with Crippen LogP contribution in [0.2, 0.25) is 0 Å². The summed E-state index contributed by atoms with van der Waals surface area (Å²) in [6.45, 7) is 0. The van der Waals surface area contributed by atoms with Crippen molar-refractivity contribution in [2.75, 3.05) is 12.4 Å². The number of aromatic nitrogens is 5. The van der Waals surface area contributed by atoms with Gasteiger partial charge in [0.1, 0.15) is 6.07 Å². The third kappa shape index (κ3) is 3.59. The Hall–Kier alpha value is -4.52. The van der Waals surface area contributed by atoms with Crippen molar-refractivity contribution in [1.82, 2.24) is 30.0 Å². The van der Waals surface area contributed by atoms with E-state index in [1.807, 2.05) is 6.20 Å². The van der Waals surface area contributed by atoms with Crippen LogP contribution in [0.3, 0.4) is 0 Å². The zero-order valence-corrected chi connectivity index (χ0v) is 18.0. The van der Waals surface area contributed by atoms with Gasteiger partial charge >= 0.3 is 0 Å². The van der Waals surface area contributed by atoms with Crippen molar-refractivity contribution < 1.29 is 9.59 Å². The normalized spacial score (nSPS) is 13.0. The fourth-order valence-electron chi connectivity index (χ4n) is 3.80. The third-order valence-electron chi connectivity index (χ3n) is 5.69. The highest BCUT2D eigenvalue weighted by atomic mass is 16.2. The number of rotatable bonds is 5. The summed E-state index contributed by atoms with van der Waals surface area (Å²) in [6.07, 6.45) is 9.87. The number of aromatic amines is 1. The standard InChI is InChI=1S/C23H20N8O2/c1-25-23(33)18-10-27-21(30-22(32)12-3-4-12)20-14(18)5-19(29-20)17-9-26-8-16(15(17)6-24)13-7-28-31(2)11-13/h5,7-12,29H,3-4H2,1-2H3,(H,25,33)(H,27,30,32). The Bertz CT molecular complexity index is 1460. The van der Waals surface area contributed by atoms with Gasteiger partial charge in [0.25, 0.3) is 5.91 Å². The van der Waals surface area contributed by atoms with Crippen molar-refractivity contribution in [1.29, 1.82) is 5.26 Å². The summed E-state index contributed by atoms with van der Waals surface area (Å²) in [4.78, 5) is 36.7. The first-order chi connectivity index (χ1) is 16.0. The van der Waals surface area contributed by atoms with Crippen molar-refractivity contribution in [3.05, 3.63) is 48.2 Å². The van der Waals surface area contributed by atoms with Crippen LogP contribution in [-0.2, 0) is 11.8 Å². The van der Waals surface area contributed by atoms with Crippen molar-refractivity contribution in [3.63, 3.8) is 0 Å². The Morgan fingerprint density at radius 3 is 2.67 bits per heavy atom. The minimum Gasteiger partial charge on any atom is -0.355 e. The molecule has 4 aromatic rings. The molecule has 0 spiro atoms. The molecule has 10 nitrogen and oxygen atoms in total. The van der Waals surface area contributed by atoms with Crippen LogP contribution < -0.4 is 10.6 Å². The molecule has 0 aliphatic heterocycles. The Balaban J connectivity index is 1.68. The van der Waals surface area contributed by atoms with Crippen LogP contribution in [0.15, 0.2) is 37.1 Å². The average molecular weight is 440 g/mol. The van der Waals surface area contributed by atoms with Crippen molar-refractivity contribution in [3.8, 4) is 28.5 Å². The predicted molar refractivity (Wildman–Crippen MR) is 121 cm³/mol. The monoisotopic (exact) mass is 440 g/mol. The van der Waals surface area contributed by atoms with E-state index in [-0.39, 0.29) is 17.7 Å². The van der Waals surface area contributed by atoms with Crippen LogP contribution in [0.4, 0.5) is 5.82 Å². The largest absolute Gasteiger partial charge is 0.355 e. The van der Waals surface area contributed by atoms with E-state index in [0.29, 0.717) is 44.7 Å². The Labute approximate surface area is 188 Å². The number of pyridine rings is 2. The topological polar surface area (TPSA) is 141 Å². The fraction of sp³-hybridized carbons (Fsp3) is 0.217. The quantitative estimate of drug-likeness (QED) is 0.436. The van der Waals surface area contributed by atoms with Gasteiger partial charge in [-0.2, -0.15) is 10.4 Å². The number of carbonyl (C=O) groups is 2. The van der Waals surface area contributed by atoms with Gasteiger partial charge < -0.3 is 15.6 Å². The number of amides is 2. The van der Waals surface area contributed by atoms with Gasteiger partial charge in [0.2, 0.25) is 5.91 Å². The van der Waals surface area contributed by atoms with E-state index in [9.17, 15) is 14.9 Å². The molecule has 0 unspecified atom stereocenters. The van der Waals surface area contributed by atoms with Gasteiger partial charge in [-0.3, -0.25) is 19.3 Å². The Morgan fingerprint density at radius 2 is 2.00 bits per heavy atom. The lowest BCUT2D eigenvalue weighted by atomic mass is 9.99. The van der Waals surface area contributed by atoms with E-state index < -0.39 is 0 Å². The molecule has 4 aromatic heterocycles. The smallest absolute Gasteiger partial charge is 0.253 e. The average Bonchev–Trinajstić information content (AvgIpc) is 3.44. The maximum absolute atomic E-state index is 12.5. The summed E-state index contributed by atoms with van der Waals surface area (Å²) in [7, 11) is 3.34. The molecule has 0 bridgehead atoms.